The molecule has 0 aliphatic carbocycles. The highest BCUT2D eigenvalue weighted by atomic mass is 16.2. The van der Waals surface area contributed by atoms with Crippen molar-refractivity contribution in [1.82, 2.24) is 19.8 Å². The van der Waals surface area contributed by atoms with Crippen LogP contribution in [0, 0.1) is 12.8 Å². The van der Waals surface area contributed by atoms with Crippen molar-refractivity contribution >= 4 is 11.4 Å². The molecular formula is C21H24N4O. The molecule has 1 aromatic carbocycles. The van der Waals surface area contributed by atoms with Crippen LogP contribution in [-0.4, -0.2) is 40.1 Å². The van der Waals surface area contributed by atoms with Crippen LogP contribution in [0.2, 0.25) is 0 Å². The lowest BCUT2D eigenvalue weighted by Gasteiger charge is -2.17. The van der Waals surface area contributed by atoms with Gasteiger partial charge in [-0.05, 0) is 54.7 Å². The zero-order valence-electron chi connectivity index (χ0n) is 15.1. The molecule has 5 nitrogen and oxygen atoms in total. The second-order valence-corrected chi connectivity index (χ2v) is 7.04. The first-order valence-electron chi connectivity index (χ1n) is 9.19. The van der Waals surface area contributed by atoms with E-state index in [2.05, 4.69) is 41.6 Å². The molecule has 1 unspecified atom stereocenters. The monoisotopic (exact) mass is 348 g/mol. The van der Waals surface area contributed by atoms with E-state index in [9.17, 15) is 4.79 Å². The Morgan fingerprint density at radius 3 is 2.96 bits per heavy atom. The highest BCUT2D eigenvalue weighted by Crippen LogP contribution is 2.19. The quantitative estimate of drug-likeness (QED) is 0.771. The van der Waals surface area contributed by atoms with Gasteiger partial charge in [0.15, 0.2) is 0 Å². The van der Waals surface area contributed by atoms with Crippen molar-refractivity contribution in [1.29, 1.82) is 0 Å². The van der Waals surface area contributed by atoms with E-state index in [1.54, 1.807) is 10.7 Å². The molecule has 26 heavy (non-hydrogen) atoms. The fourth-order valence-corrected chi connectivity index (χ4v) is 3.67. The Hall–Kier alpha value is -2.66. The molecule has 4 rings (SSSR count). The first kappa shape index (κ1) is 16.8. The summed E-state index contributed by atoms with van der Waals surface area (Å²) >= 11 is 0. The molecule has 1 saturated heterocycles. The van der Waals surface area contributed by atoms with Gasteiger partial charge in [-0.3, -0.25) is 4.79 Å². The summed E-state index contributed by atoms with van der Waals surface area (Å²) in [5.74, 6) is 0.576. The smallest absolute Gasteiger partial charge is 0.272 e. The van der Waals surface area contributed by atoms with Crippen molar-refractivity contribution in [2.75, 3.05) is 19.6 Å². The molecular weight excluding hydrogens is 324 g/mol. The molecule has 0 spiro atoms. The topological polar surface area (TPSA) is 49.6 Å². The second kappa shape index (κ2) is 7.30. The minimum Gasteiger partial charge on any atom is -0.337 e. The van der Waals surface area contributed by atoms with Gasteiger partial charge in [-0.1, -0.05) is 24.3 Å². The molecule has 0 bridgehead atoms. The van der Waals surface area contributed by atoms with Gasteiger partial charge in [0.1, 0.15) is 5.69 Å². The zero-order valence-corrected chi connectivity index (χ0v) is 15.1. The maximum Gasteiger partial charge on any atom is 0.272 e. The Morgan fingerprint density at radius 1 is 1.19 bits per heavy atom. The number of amides is 1. The molecule has 3 aromatic rings. The van der Waals surface area contributed by atoms with Crippen molar-refractivity contribution < 1.29 is 4.79 Å². The van der Waals surface area contributed by atoms with E-state index in [4.69, 9.17) is 0 Å². The lowest BCUT2D eigenvalue weighted by Crippen LogP contribution is -2.31. The number of nitrogens with one attached hydrogen (secondary N) is 1. The Bertz CT molecular complexity index is 917. The van der Waals surface area contributed by atoms with E-state index >= 15 is 0 Å². The van der Waals surface area contributed by atoms with Crippen LogP contribution in [0.5, 0.6) is 0 Å². The summed E-state index contributed by atoms with van der Waals surface area (Å²) in [6.07, 6.45) is 2.76. The fraction of sp³-hybridized carbons (Fsp3) is 0.333. The van der Waals surface area contributed by atoms with Crippen LogP contribution in [0.1, 0.15) is 28.0 Å². The van der Waals surface area contributed by atoms with Crippen LogP contribution in [-0.2, 0) is 6.54 Å². The van der Waals surface area contributed by atoms with Gasteiger partial charge in [-0.2, -0.15) is 5.10 Å². The van der Waals surface area contributed by atoms with E-state index in [-0.39, 0.29) is 5.91 Å². The van der Waals surface area contributed by atoms with E-state index in [0.29, 0.717) is 11.6 Å². The fourth-order valence-electron chi connectivity index (χ4n) is 3.67. The summed E-state index contributed by atoms with van der Waals surface area (Å²) in [6, 6.07) is 16.1. The number of carbonyl (C=O) groups excluding carboxylic acids is 1. The predicted octanol–water partition coefficient (Wildman–Crippen LogP) is 2.89. The molecule has 1 atom stereocenters. The molecule has 1 amide bonds. The van der Waals surface area contributed by atoms with Gasteiger partial charge in [0, 0.05) is 32.4 Å². The van der Waals surface area contributed by atoms with E-state index in [0.717, 1.165) is 38.1 Å². The van der Waals surface area contributed by atoms with Crippen molar-refractivity contribution in [3.63, 3.8) is 0 Å². The number of benzene rings is 1. The largest absolute Gasteiger partial charge is 0.337 e. The van der Waals surface area contributed by atoms with Crippen LogP contribution >= 0.6 is 0 Å². The molecule has 1 N–H and O–H groups in total. The molecule has 3 heterocycles. The third kappa shape index (κ3) is 3.35. The van der Waals surface area contributed by atoms with Crippen LogP contribution in [0.25, 0.3) is 5.52 Å². The molecule has 5 heteroatoms. The summed E-state index contributed by atoms with van der Waals surface area (Å²) in [5, 5.41) is 7.85. The molecule has 0 saturated carbocycles. The first-order valence-corrected chi connectivity index (χ1v) is 9.19. The van der Waals surface area contributed by atoms with Gasteiger partial charge in [0.2, 0.25) is 0 Å². The number of fused-ring (bicyclic) bond motifs is 1. The van der Waals surface area contributed by atoms with Gasteiger partial charge in [0.05, 0.1) is 5.52 Å². The molecule has 2 aromatic heterocycles. The Labute approximate surface area is 153 Å². The third-order valence-electron chi connectivity index (χ3n) is 5.22. The molecule has 134 valence electrons. The van der Waals surface area contributed by atoms with Gasteiger partial charge in [-0.25, -0.2) is 4.52 Å². The predicted molar refractivity (Wildman–Crippen MR) is 102 cm³/mol. The van der Waals surface area contributed by atoms with Gasteiger partial charge in [0.25, 0.3) is 5.91 Å². The van der Waals surface area contributed by atoms with E-state index in [1.807, 2.05) is 29.2 Å². The normalized spacial score (nSPS) is 17.1. The number of rotatable bonds is 5. The summed E-state index contributed by atoms with van der Waals surface area (Å²) in [7, 11) is 0. The summed E-state index contributed by atoms with van der Waals surface area (Å²) in [5.41, 5.74) is 4.25. The molecule has 1 fully saturated rings. The van der Waals surface area contributed by atoms with Crippen molar-refractivity contribution in [3.8, 4) is 0 Å². The van der Waals surface area contributed by atoms with E-state index < -0.39 is 0 Å². The molecule has 0 radical (unpaired) electrons. The molecule has 1 aliphatic rings. The van der Waals surface area contributed by atoms with Crippen LogP contribution in [0.3, 0.4) is 0 Å². The standard InChI is InChI=1S/C21H24N4O/c1-16-5-2-3-6-18(16)14-22-13-17-10-12-24(15-17)21(26)20-9-8-19-7-4-11-23-25(19)20/h2-9,11,17,22H,10,12-15H2,1H3. The minimum atomic E-state index is 0.0742. The van der Waals surface area contributed by atoms with Gasteiger partial charge >= 0.3 is 0 Å². The Balaban J connectivity index is 1.33. The number of hydrogen-bond acceptors (Lipinski definition) is 3. The summed E-state index contributed by atoms with van der Waals surface area (Å²) < 4.78 is 1.73. The lowest BCUT2D eigenvalue weighted by molar-refractivity contribution is 0.0779. The summed E-state index contributed by atoms with van der Waals surface area (Å²) in [4.78, 5) is 14.8. The van der Waals surface area contributed by atoms with E-state index in [1.165, 1.54) is 11.1 Å². The Morgan fingerprint density at radius 2 is 2.08 bits per heavy atom. The van der Waals surface area contributed by atoms with Crippen molar-refractivity contribution in [3.05, 3.63) is 71.5 Å². The highest BCUT2D eigenvalue weighted by molar-refractivity contribution is 5.94. The molecule has 1 aliphatic heterocycles. The SMILES string of the molecule is Cc1ccccc1CNCC1CCN(C(=O)c2ccc3cccnn23)C1. The number of carbonyl (C=O) groups is 1. The third-order valence-corrected chi connectivity index (χ3v) is 5.22. The highest BCUT2D eigenvalue weighted by Gasteiger charge is 2.28. The Kier molecular flexibility index (Phi) is 4.71. The number of nitrogens with zero attached hydrogens (tertiary/aromatic N) is 3. The number of aromatic nitrogens is 2. The lowest BCUT2D eigenvalue weighted by atomic mass is 10.1. The van der Waals surface area contributed by atoms with Gasteiger partial charge in [-0.15, -0.1) is 0 Å². The zero-order chi connectivity index (χ0) is 17.9. The minimum absolute atomic E-state index is 0.0742. The maximum absolute atomic E-state index is 12.9. The van der Waals surface area contributed by atoms with Gasteiger partial charge < -0.3 is 10.2 Å². The van der Waals surface area contributed by atoms with Crippen LogP contribution in [0.15, 0.2) is 54.7 Å². The van der Waals surface area contributed by atoms with Crippen LogP contribution in [0.4, 0.5) is 0 Å². The number of hydrogen-bond donors (Lipinski definition) is 1. The maximum atomic E-state index is 12.9. The number of aryl methyl sites for hydroxylation is 1. The first-order chi connectivity index (χ1) is 12.7. The van der Waals surface area contributed by atoms with Crippen molar-refractivity contribution in [2.45, 2.75) is 19.9 Å². The average molecular weight is 348 g/mol. The van der Waals surface area contributed by atoms with Crippen LogP contribution < -0.4 is 5.32 Å². The summed E-state index contributed by atoms with van der Waals surface area (Å²) in [6.45, 7) is 5.58. The average Bonchev–Trinajstić information content (AvgIpc) is 3.30. The second-order valence-electron chi connectivity index (χ2n) is 7.04. The number of likely N-dealkylation sites (tertiary alicyclic amines) is 1. The van der Waals surface area contributed by atoms with Crippen molar-refractivity contribution in [2.24, 2.45) is 5.92 Å².